The van der Waals surface area contributed by atoms with Crippen LogP contribution in [0.1, 0.15) is 26.3 Å². The van der Waals surface area contributed by atoms with Crippen molar-refractivity contribution in [2.45, 2.75) is 33.4 Å². The van der Waals surface area contributed by atoms with Gasteiger partial charge in [-0.1, -0.05) is 6.07 Å². The van der Waals surface area contributed by atoms with Gasteiger partial charge in [0, 0.05) is 6.54 Å². The van der Waals surface area contributed by atoms with Crippen LogP contribution < -0.4 is 15.2 Å². The molecule has 0 aliphatic heterocycles. The smallest absolute Gasteiger partial charge is 0.347 e. The molecule has 2 N–H and O–H groups in total. The quantitative estimate of drug-likeness (QED) is 0.764. The number of rotatable bonds is 7. The Balaban J connectivity index is 2.84. The molecule has 0 aromatic heterocycles. The molecule has 0 bridgehead atoms. The number of ether oxygens (including phenoxy) is 3. The fourth-order valence-corrected chi connectivity index (χ4v) is 1.54. The van der Waals surface area contributed by atoms with E-state index in [2.05, 4.69) is 0 Å². The molecule has 1 rings (SSSR count). The van der Waals surface area contributed by atoms with E-state index in [4.69, 9.17) is 19.9 Å². The summed E-state index contributed by atoms with van der Waals surface area (Å²) in [6.45, 7) is 6.55. The molecule has 5 nitrogen and oxygen atoms in total. The van der Waals surface area contributed by atoms with E-state index in [-0.39, 0.29) is 0 Å². The molecular weight excluding hydrogens is 246 g/mol. The summed E-state index contributed by atoms with van der Waals surface area (Å²) < 4.78 is 16.0. The van der Waals surface area contributed by atoms with Gasteiger partial charge in [-0.15, -0.1) is 0 Å². The van der Waals surface area contributed by atoms with Gasteiger partial charge in [0.05, 0.1) is 13.2 Å². The second-order valence-electron chi connectivity index (χ2n) is 3.93. The molecule has 0 aliphatic carbocycles. The van der Waals surface area contributed by atoms with Crippen LogP contribution in [0.3, 0.4) is 0 Å². The molecule has 0 spiro atoms. The molecule has 0 aliphatic rings. The summed E-state index contributed by atoms with van der Waals surface area (Å²) in [5.74, 6) is 0.703. The fraction of sp³-hybridized carbons (Fsp3) is 0.500. The van der Waals surface area contributed by atoms with Gasteiger partial charge < -0.3 is 19.9 Å². The van der Waals surface area contributed by atoms with E-state index in [1.165, 1.54) is 0 Å². The van der Waals surface area contributed by atoms with E-state index < -0.39 is 12.1 Å². The lowest BCUT2D eigenvalue weighted by molar-refractivity contribution is -0.150. The van der Waals surface area contributed by atoms with Crippen molar-refractivity contribution in [2.75, 3.05) is 13.2 Å². The molecule has 106 valence electrons. The highest BCUT2D eigenvalue weighted by Crippen LogP contribution is 2.29. The Bertz CT molecular complexity index is 420. The third kappa shape index (κ3) is 4.44. The van der Waals surface area contributed by atoms with Crippen molar-refractivity contribution in [1.82, 2.24) is 0 Å². The van der Waals surface area contributed by atoms with E-state index in [9.17, 15) is 4.79 Å². The maximum Gasteiger partial charge on any atom is 0.347 e. The number of carbonyl (C=O) groups excluding carboxylic acids is 1. The summed E-state index contributed by atoms with van der Waals surface area (Å²) in [6.07, 6.45) is -0.678. The van der Waals surface area contributed by atoms with Crippen LogP contribution in [0, 0.1) is 0 Å². The van der Waals surface area contributed by atoms with Gasteiger partial charge in [-0.05, 0) is 38.5 Å². The topological polar surface area (TPSA) is 70.8 Å². The molecule has 5 heteroatoms. The summed E-state index contributed by atoms with van der Waals surface area (Å²) in [5.41, 5.74) is 6.53. The molecule has 0 saturated heterocycles. The molecule has 19 heavy (non-hydrogen) atoms. The minimum absolute atomic E-state index is 0.330. The number of carbonyl (C=O) groups is 1. The number of esters is 1. The van der Waals surface area contributed by atoms with Gasteiger partial charge in [0.1, 0.15) is 0 Å². The van der Waals surface area contributed by atoms with E-state index >= 15 is 0 Å². The van der Waals surface area contributed by atoms with Crippen LogP contribution >= 0.6 is 0 Å². The lowest BCUT2D eigenvalue weighted by Gasteiger charge is -2.17. The van der Waals surface area contributed by atoms with Crippen molar-refractivity contribution in [3.05, 3.63) is 23.8 Å². The van der Waals surface area contributed by atoms with Crippen molar-refractivity contribution >= 4 is 5.97 Å². The van der Waals surface area contributed by atoms with Crippen molar-refractivity contribution in [1.29, 1.82) is 0 Å². The maximum absolute atomic E-state index is 11.5. The first-order chi connectivity index (χ1) is 9.12. The minimum Gasteiger partial charge on any atom is -0.490 e. The van der Waals surface area contributed by atoms with Crippen LogP contribution in [-0.4, -0.2) is 25.3 Å². The Morgan fingerprint density at radius 1 is 1.26 bits per heavy atom. The predicted octanol–water partition coefficient (Wildman–Crippen LogP) is 1.87. The highest BCUT2D eigenvalue weighted by molar-refractivity contribution is 5.74. The largest absolute Gasteiger partial charge is 0.490 e. The Morgan fingerprint density at radius 2 is 2.00 bits per heavy atom. The summed E-state index contributed by atoms with van der Waals surface area (Å²) in [4.78, 5) is 11.5. The third-order valence-corrected chi connectivity index (χ3v) is 2.47. The lowest BCUT2D eigenvalue weighted by atomic mass is 10.2. The average molecular weight is 267 g/mol. The van der Waals surface area contributed by atoms with Gasteiger partial charge in [0.25, 0.3) is 0 Å². The van der Waals surface area contributed by atoms with Crippen molar-refractivity contribution < 1.29 is 19.0 Å². The molecule has 1 aromatic carbocycles. The maximum atomic E-state index is 11.5. The molecule has 0 heterocycles. The van der Waals surface area contributed by atoms with Gasteiger partial charge in [0.2, 0.25) is 0 Å². The first kappa shape index (κ1) is 15.3. The van der Waals surface area contributed by atoms with E-state index in [0.29, 0.717) is 31.3 Å². The number of nitrogens with two attached hydrogens (primary N) is 1. The molecular formula is C14H21NO4. The Morgan fingerprint density at radius 3 is 2.58 bits per heavy atom. The number of hydrogen-bond donors (Lipinski definition) is 1. The Labute approximate surface area is 113 Å². The molecule has 0 fully saturated rings. The monoisotopic (exact) mass is 267 g/mol. The molecule has 0 radical (unpaired) electrons. The summed E-state index contributed by atoms with van der Waals surface area (Å²) >= 11 is 0. The third-order valence-electron chi connectivity index (χ3n) is 2.47. The number of hydrogen-bond acceptors (Lipinski definition) is 5. The molecule has 0 saturated carbocycles. The summed E-state index contributed by atoms with van der Waals surface area (Å²) in [5, 5.41) is 0. The number of benzene rings is 1. The lowest BCUT2D eigenvalue weighted by Crippen LogP contribution is -2.26. The first-order valence-corrected chi connectivity index (χ1v) is 6.41. The average Bonchev–Trinajstić information content (AvgIpc) is 2.41. The molecule has 0 amide bonds. The van der Waals surface area contributed by atoms with E-state index in [1.807, 2.05) is 19.1 Å². The highest BCUT2D eigenvalue weighted by atomic mass is 16.6. The van der Waals surface area contributed by atoms with Crippen LogP contribution in [0.5, 0.6) is 11.5 Å². The Hall–Kier alpha value is -1.75. The standard InChI is InChI=1S/C14H21NO4/c1-4-17-13-8-11(9-15)6-7-12(13)19-10(3)14(16)18-5-2/h6-8,10H,4-5,9,15H2,1-3H3. The van der Waals surface area contributed by atoms with Crippen LogP contribution in [-0.2, 0) is 16.1 Å². The zero-order chi connectivity index (χ0) is 14.3. The first-order valence-electron chi connectivity index (χ1n) is 6.41. The highest BCUT2D eigenvalue weighted by Gasteiger charge is 2.18. The second-order valence-corrected chi connectivity index (χ2v) is 3.93. The molecule has 1 aromatic rings. The van der Waals surface area contributed by atoms with E-state index in [0.717, 1.165) is 5.56 Å². The zero-order valence-corrected chi connectivity index (χ0v) is 11.6. The summed E-state index contributed by atoms with van der Waals surface area (Å²) in [6, 6.07) is 5.41. The fourth-order valence-electron chi connectivity index (χ4n) is 1.54. The predicted molar refractivity (Wildman–Crippen MR) is 72.2 cm³/mol. The van der Waals surface area contributed by atoms with Gasteiger partial charge >= 0.3 is 5.97 Å². The van der Waals surface area contributed by atoms with Crippen LogP contribution in [0.15, 0.2) is 18.2 Å². The van der Waals surface area contributed by atoms with Gasteiger partial charge in [-0.3, -0.25) is 0 Å². The normalized spacial score (nSPS) is 11.8. The minimum atomic E-state index is -0.678. The van der Waals surface area contributed by atoms with Crippen LogP contribution in [0.25, 0.3) is 0 Å². The van der Waals surface area contributed by atoms with Gasteiger partial charge in [-0.25, -0.2) is 4.79 Å². The molecule has 1 unspecified atom stereocenters. The SMILES string of the molecule is CCOC(=O)C(C)Oc1ccc(CN)cc1OCC. The molecule has 1 atom stereocenters. The van der Waals surface area contributed by atoms with Gasteiger partial charge in [0.15, 0.2) is 17.6 Å². The van der Waals surface area contributed by atoms with Gasteiger partial charge in [-0.2, -0.15) is 0 Å². The van der Waals surface area contributed by atoms with Crippen LogP contribution in [0.4, 0.5) is 0 Å². The van der Waals surface area contributed by atoms with Crippen molar-refractivity contribution in [3.8, 4) is 11.5 Å². The van der Waals surface area contributed by atoms with E-state index in [1.54, 1.807) is 19.9 Å². The Kier molecular flexibility index (Phi) is 6.15. The van der Waals surface area contributed by atoms with Crippen molar-refractivity contribution in [2.24, 2.45) is 5.73 Å². The van der Waals surface area contributed by atoms with Crippen LogP contribution in [0.2, 0.25) is 0 Å². The van der Waals surface area contributed by atoms with Crippen molar-refractivity contribution in [3.63, 3.8) is 0 Å². The summed E-state index contributed by atoms with van der Waals surface area (Å²) in [7, 11) is 0. The second kappa shape index (κ2) is 7.63. The zero-order valence-electron chi connectivity index (χ0n) is 11.6.